The molecule has 0 aliphatic carbocycles. The van der Waals surface area contributed by atoms with Crippen LogP contribution in [0.1, 0.15) is 52.7 Å². The Bertz CT molecular complexity index is 1410. The molecule has 2 aromatic rings. The fourth-order valence-electron chi connectivity index (χ4n) is 4.60. The van der Waals surface area contributed by atoms with Crippen LogP contribution < -0.4 is 9.47 Å². The molecule has 6 unspecified atom stereocenters. The Kier molecular flexibility index (Phi) is 22.5. The summed E-state index contributed by atoms with van der Waals surface area (Å²) in [5.41, 5.74) is 1.74. The van der Waals surface area contributed by atoms with Gasteiger partial charge in [-0.25, -0.2) is 14.4 Å². The SMILES string of the molecule is COc1ccc(/C=C/C(=O)OC(C)COC(C)COC(C)COCC[N+](C)(C)OCC(C)OCC(C)OCC(C)OC(=O)/C=C/c2ccc(OC)cc2)cc1. The van der Waals surface area contributed by atoms with Crippen molar-refractivity contribution in [3.05, 3.63) is 71.8 Å². The predicted molar refractivity (Wildman–Crippen MR) is 211 cm³/mol. The first-order valence-electron chi connectivity index (χ1n) is 18.7. The number of hydrogen-bond acceptors (Lipinski definition) is 12. The maximum absolute atomic E-state index is 12.2. The zero-order chi connectivity index (χ0) is 40.6. The molecule has 6 atom stereocenters. The Morgan fingerprint density at radius 3 is 1.31 bits per heavy atom. The molecule has 0 saturated carbocycles. The molecule has 55 heavy (non-hydrogen) atoms. The third kappa shape index (κ3) is 22.4. The molecule has 0 amide bonds. The molecule has 308 valence electrons. The summed E-state index contributed by atoms with van der Waals surface area (Å²) < 4.78 is 50.7. The number of esters is 2. The van der Waals surface area contributed by atoms with Crippen molar-refractivity contribution in [2.75, 3.05) is 81.1 Å². The van der Waals surface area contributed by atoms with E-state index in [1.807, 2.05) is 90.3 Å². The van der Waals surface area contributed by atoms with Crippen molar-refractivity contribution in [2.24, 2.45) is 0 Å². The van der Waals surface area contributed by atoms with E-state index in [-0.39, 0.29) is 37.6 Å². The fourth-order valence-corrected chi connectivity index (χ4v) is 4.60. The van der Waals surface area contributed by atoms with Gasteiger partial charge in [-0.1, -0.05) is 24.3 Å². The molecule has 0 saturated heterocycles. The van der Waals surface area contributed by atoms with Crippen LogP contribution in [0.4, 0.5) is 0 Å². The Labute approximate surface area is 327 Å². The highest BCUT2D eigenvalue weighted by molar-refractivity contribution is 5.87. The lowest BCUT2D eigenvalue weighted by molar-refractivity contribution is -1.08. The second kappa shape index (κ2) is 26.1. The summed E-state index contributed by atoms with van der Waals surface area (Å²) in [7, 11) is 7.14. The first-order chi connectivity index (χ1) is 26.2. The van der Waals surface area contributed by atoms with Crippen molar-refractivity contribution < 1.29 is 61.7 Å². The number of hydroxylamine groups is 3. The minimum absolute atomic E-state index is 0.129. The predicted octanol–water partition coefficient (Wildman–Crippen LogP) is 5.94. The van der Waals surface area contributed by atoms with Gasteiger partial charge in [-0.2, -0.15) is 4.65 Å². The number of likely N-dealkylation sites (N-methyl/N-ethyl adjacent to an activating group) is 1. The molecule has 0 bridgehead atoms. The Hall–Kier alpha value is -3.82. The smallest absolute Gasteiger partial charge is 0.331 e. The van der Waals surface area contributed by atoms with Gasteiger partial charge in [0.2, 0.25) is 0 Å². The third-order valence-corrected chi connectivity index (χ3v) is 7.94. The molecule has 13 nitrogen and oxygen atoms in total. The van der Waals surface area contributed by atoms with Crippen molar-refractivity contribution >= 4 is 24.1 Å². The second-order valence-electron chi connectivity index (χ2n) is 14.0. The lowest BCUT2D eigenvalue weighted by Gasteiger charge is -2.28. The largest absolute Gasteiger partial charge is 0.497 e. The van der Waals surface area contributed by atoms with E-state index in [2.05, 4.69) is 0 Å². The zero-order valence-corrected chi connectivity index (χ0v) is 34.4. The van der Waals surface area contributed by atoms with E-state index >= 15 is 0 Å². The highest BCUT2D eigenvalue weighted by Crippen LogP contribution is 2.14. The van der Waals surface area contributed by atoms with Gasteiger partial charge in [-0.05, 0) is 89.1 Å². The molecule has 0 aromatic heterocycles. The molecule has 0 fully saturated rings. The zero-order valence-electron chi connectivity index (χ0n) is 34.4. The van der Waals surface area contributed by atoms with Crippen molar-refractivity contribution in [1.82, 2.24) is 0 Å². The first-order valence-corrected chi connectivity index (χ1v) is 18.7. The molecular weight excluding hydrogens is 710 g/mol. The molecule has 13 heteroatoms. The Balaban J connectivity index is 1.51. The van der Waals surface area contributed by atoms with E-state index in [1.54, 1.807) is 40.2 Å². The van der Waals surface area contributed by atoms with Crippen LogP contribution in [0.2, 0.25) is 0 Å². The highest BCUT2D eigenvalue weighted by atomic mass is 16.7. The van der Waals surface area contributed by atoms with Gasteiger partial charge in [0.15, 0.2) is 0 Å². The third-order valence-electron chi connectivity index (χ3n) is 7.94. The molecule has 2 rings (SSSR count). The summed E-state index contributed by atoms with van der Waals surface area (Å²) in [5.74, 6) is 0.624. The number of nitrogens with zero attached hydrogens (tertiary/aromatic N) is 1. The second-order valence-corrected chi connectivity index (χ2v) is 14.0. The molecule has 0 aliphatic rings. The van der Waals surface area contributed by atoms with E-state index in [0.717, 1.165) is 22.6 Å². The van der Waals surface area contributed by atoms with Crippen molar-refractivity contribution in [2.45, 2.75) is 78.2 Å². The summed E-state index contributed by atoms with van der Waals surface area (Å²) in [6.45, 7) is 14.5. The lowest BCUT2D eigenvalue weighted by Crippen LogP contribution is -2.44. The maximum Gasteiger partial charge on any atom is 0.331 e. The van der Waals surface area contributed by atoms with Gasteiger partial charge < -0.3 is 42.6 Å². The van der Waals surface area contributed by atoms with Crippen LogP contribution in [-0.4, -0.2) is 134 Å². The van der Waals surface area contributed by atoms with Gasteiger partial charge in [0.1, 0.15) is 36.9 Å². The molecule has 0 radical (unpaired) electrons. The number of methoxy groups -OCH3 is 2. The van der Waals surface area contributed by atoms with Gasteiger partial charge >= 0.3 is 11.9 Å². The summed E-state index contributed by atoms with van der Waals surface area (Å²) in [4.78, 5) is 30.4. The van der Waals surface area contributed by atoms with Gasteiger partial charge in [0, 0.05) is 12.2 Å². The van der Waals surface area contributed by atoms with E-state index < -0.39 is 24.1 Å². The monoisotopic (exact) mass is 774 g/mol. The molecule has 0 aliphatic heterocycles. The summed E-state index contributed by atoms with van der Waals surface area (Å²) in [6, 6.07) is 14.7. The van der Waals surface area contributed by atoms with Crippen LogP contribution in [0.15, 0.2) is 60.7 Å². The number of benzene rings is 2. The molecule has 0 N–H and O–H groups in total. The van der Waals surface area contributed by atoms with Crippen LogP contribution in [0, 0.1) is 0 Å². The van der Waals surface area contributed by atoms with Gasteiger partial charge in [0.05, 0.1) is 92.4 Å². The average Bonchev–Trinajstić information content (AvgIpc) is 3.17. The summed E-state index contributed by atoms with van der Waals surface area (Å²) >= 11 is 0. The van der Waals surface area contributed by atoms with Crippen LogP contribution >= 0.6 is 0 Å². The van der Waals surface area contributed by atoms with E-state index in [1.165, 1.54) is 12.2 Å². The fraction of sp³-hybridized carbons (Fsp3) is 0.571. The van der Waals surface area contributed by atoms with Crippen molar-refractivity contribution in [3.8, 4) is 11.5 Å². The minimum atomic E-state index is -0.438. The Morgan fingerprint density at radius 1 is 0.545 bits per heavy atom. The average molecular weight is 775 g/mol. The number of quaternary nitrogens is 1. The topological polar surface area (TPSA) is 126 Å². The molecule has 0 heterocycles. The molecular formula is C42H64NO12+. The van der Waals surface area contributed by atoms with E-state index in [9.17, 15) is 9.59 Å². The van der Waals surface area contributed by atoms with Crippen LogP contribution in [0.3, 0.4) is 0 Å². The van der Waals surface area contributed by atoms with Gasteiger partial charge in [0.25, 0.3) is 0 Å². The van der Waals surface area contributed by atoms with E-state index in [4.69, 9.17) is 47.5 Å². The quantitative estimate of drug-likeness (QED) is 0.0334. The first kappa shape index (κ1) is 47.3. The highest BCUT2D eigenvalue weighted by Gasteiger charge is 2.20. The number of rotatable bonds is 28. The Morgan fingerprint density at radius 2 is 0.909 bits per heavy atom. The van der Waals surface area contributed by atoms with Gasteiger partial charge in [-0.15, -0.1) is 0 Å². The van der Waals surface area contributed by atoms with E-state index in [0.29, 0.717) is 44.2 Å². The summed E-state index contributed by atoms with van der Waals surface area (Å²) in [5, 5.41) is 0. The van der Waals surface area contributed by atoms with Crippen LogP contribution in [0.25, 0.3) is 12.2 Å². The van der Waals surface area contributed by atoms with Gasteiger partial charge in [-0.3, -0.25) is 0 Å². The maximum atomic E-state index is 12.2. The number of carbonyl (C=O) groups is 2. The number of ether oxygens (including phenoxy) is 9. The number of carbonyl (C=O) groups excluding carboxylic acids is 2. The normalized spacial score (nSPS) is 15.3. The summed E-state index contributed by atoms with van der Waals surface area (Å²) in [6.07, 6.45) is 4.68. The standard InChI is InChI=1S/C42H64NO12/c1-31(49-26-32(2)51-28-35(5)54-41(44)21-15-37-11-17-39(46-9)18-12-37)25-48-24-23-43(7,8)53-30-34(4)50-27-33(3)52-29-36(6)55-42(45)22-16-38-13-19-40(47-10)20-14-38/h11-22,31-36H,23-30H2,1-10H3/q+1/b21-15+,22-16+. The lowest BCUT2D eigenvalue weighted by atomic mass is 10.2. The van der Waals surface area contributed by atoms with Crippen molar-refractivity contribution in [1.29, 1.82) is 0 Å². The van der Waals surface area contributed by atoms with Crippen LogP contribution in [-0.2, 0) is 47.6 Å². The minimum Gasteiger partial charge on any atom is -0.497 e. The molecule has 0 spiro atoms. The van der Waals surface area contributed by atoms with Crippen molar-refractivity contribution in [3.63, 3.8) is 0 Å². The number of hydrogen-bond donors (Lipinski definition) is 0. The van der Waals surface area contributed by atoms with Crippen LogP contribution in [0.5, 0.6) is 11.5 Å². The molecule has 2 aromatic carbocycles.